The van der Waals surface area contributed by atoms with Crippen LogP contribution in [0, 0.1) is 0 Å². The summed E-state index contributed by atoms with van der Waals surface area (Å²) in [6, 6.07) is 13.9. The highest BCUT2D eigenvalue weighted by Crippen LogP contribution is 2.36. The Morgan fingerprint density at radius 1 is 1.04 bits per heavy atom. The van der Waals surface area contributed by atoms with Crippen molar-refractivity contribution in [3.05, 3.63) is 81.4 Å². The van der Waals surface area contributed by atoms with Crippen molar-refractivity contribution in [1.29, 1.82) is 0 Å². The molecule has 0 spiro atoms. The zero-order valence-electron chi connectivity index (χ0n) is 15.2. The molecule has 28 heavy (non-hydrogen) atoms. The standard InChI is InChI=1S/C21H20ClN3O.2ClH/c22-17-4-2-16(3-5-17)21(9-11-23-12-10-21)8-7-15-1-6-18-19(13-15)24-14-25-20(18)26;;/h1-8,13-14,23H,9-12H2,(H,24,25,26);2*1H. The van der Waals surface area contributed by atoms with E-state index < -0.39 is 0 Å². The SMILES string of the molecule is Cl.Cl.O=c1[nH]cnc2cc(C=CC3(c4ccc(Cl)cc4)CCNCC3)ccc12. The molecular weight excluding hydrogens is 417 g/mol. The van der Waals surface area contributed by atoms with Crippen LogP contribution in [-0.4, -0.2) is 23.1 Å². The molecular formula is C21H22Cl3N3O. The molecule has 4 nitrogen and oxygen atoms in total. The molecule has 1 aromatic heterocycles. The number of halogens is 3. The van der Waals surface area contributed by atoms with Crippen molar-refractivity contribution in [2.75, 3.05) is 13.1 Å². The molecule has 7 heteroatoms. The fraction of sp³-hybridized carbons (Fsp3) is 0.238. The van der Waals surface area contributed by atoms with Crippen LogP contribution in [0.2, 0.25) is 5.02 Å². The summed E-state index contributed by atoms with van der Waals surface area (Å²) >= 11 is 6.07. The number of aromatic amines is 1. The summed E-state index contributed by atoms with van der Waals surface area (Å²) in [5, 5.41) is 4.81. The molecule has 0 amide bonds. The molecule has 0 atom stereocenters. The Balaban J connectivity index is 0.00000140. The second-order valence-corrected chi connectivity index (χ2v) is 7.19. The number of nitrogens with zero attached hydrogens (tertiary/aromatic N) is 1. The van der Waals surface area contributed by atoms with Crippen molar-refractivity contribution in [2.24, 2.45) is 0 Å². The zero-order chi connectivity index (χ0) is 18.0. The van der Waals surface area contributed by atoms with Crippen molar-refractivity contribution >= 4 is 53.4 Å². The van der Waals surface area contributed by atoms with Gasteiger partial charge in [-0.05, 0) is 61.3 Å². The summed E-state index contributed by atoms with van der Waals surface area (Å²) in [5.41, 5.74) is 2.92. The summed E-state index contributed by atoms with van der Waals surface area (Å²) in [7, 11) is 0. The smallest absolute Gasteiger partial charge is 0.258 e. The highest BCUT2D eigenvalue weighted by atomic mass is 35.5. The van der Waals surface area contributed by atoms with E-state index in [0.29, 0.717) is 10.9 Å². The first-order valence-electron chi connectivity index (χ1n) is 8.80. The fourth-order valence-electron chi connectivity index (χ4n) is 3.65. The maximum atomic E-state index is 11.8. The Bertz CT molecular complexity index is 1010. The van der Waals surface area contributed by atoms with Gasteiger partial charge in [0.15, 0.2) is 0 Å². The number of nitrogens with one attached hydrogen (secondary N) is 2. The van der Waals surface area contributed by atoms with Gasteiger partial charge in [-0.25, -0.2) is 4.98 Å². The molecule has 1 aliphatic rings. The van der Waals surface area contributed by atoms with Gasteiger partial charge >= 0.3 is 0 Å². The van der Waals surface area contributed by atoms with E-state index in [9.17, 15) is 4.79 Å². The Morgan fingerprint density at radius 2 is 1.75 bits per heavy atom. The maximum Gasteiger partial charge on any atom is 0.258 e. The predicted molar refractivity (Wildman–Crippen MR) is 121 cm³/mol. The summed E-state index contributed by atoms with van der Waals surface area (Å²) < 4.78 is 0. The zero-order valence-corrected chi connectivity index (χ0v) is 17.5. The van der Waals surface area contributed by atoms with Crippen LogP contribution < -0.4 is 10.9 Å². The van der Waals surface area contributed by atoms with Crippen LogP contribution in [0.5, 0.6) is 0 Å². The van der Waals surface area contributed by atoms with Crippen LogP contribution in [-0.2, 0) is 5.41 Å². The van der Waals surface area contributed by atoms with Crippen LogP contribution in [0.25, 0.3) is 17.0 Å². The van der Waals surface area contributed by atoms with Crippen molar-refractivity contribution in [2.45, 2.75) is 18.3 Å². The molecule has 148 valence electrons. The van der Waals surface area contributed by atoms with E-state index in [1.165, 1.54) is 11.9 Å². The molecule has 0 radical (unpaired) electrons. The number of benzene rings is 2. The van der Waals surface area contributed by atoms with Gasteiger partial charge in [-0.1, -0.05) is 42.0 Å². The Kier molecular flexibility index (Phi) is 7.67. The summed E-state index contributed by atoms with van der Waals surface area (Å²) in [4.78, 5) is 18.7. The second-order valence-electron chi connectivity index (χ2n) is 6.75. The number of fused-ring (bicyclic) bond motifs is 1. The molecule has 2 N–H and O–H groups in total. The van der Waals surface area contributed by atoms with Gasteiger partial charge in [-0.15, -0.1) is 24.8 Å². The quantitative estimate of drug-likeness (QED) is 0.620. The molecule has 0 bridgehead atoms. The molecule has 4 rings (SSSR count). The number of rotatable bonds is 3. The number of allylic oxidation sites excluding steroid dienone is 1. The topological polar surface area (TPSA) is 57.8 Å². The van der Waals surface area contributed by atoms with E-state index >= 15 is 0 Å². The molecule has 3 aromatic rings. The third-order valence-corrected chi connectivity index (χ3v) is 5.43. The number of aromatic nitrogens is 2. The fourth-order valence-corrected chi connectivity index (χ4v) is 3.78. The van der Waals surface area contributed by atoms with Gasteiger partial charge in [-0.3, -0.25) is 4.79 Å². The molecule has 1 saturated heterocycles. The van der Waals surface area contributed by atoms with E-state index in [4.69, 9.17) is 11.6 Å². The second kappa shape index (κ2) is 9.57. The van der Waals surface area contributed by atoms with Gasteiger partial charge in [0.1, 0.15) is 0 Å². The minimum Gasteiger partial charge on any atom is -0.317 e. The minimum absolute atomic E-state index is 0. The lowest BCUT2D eigenvalue weighted by atomic mass is 9.73. The van der Waals surface area contributed by atoms with Gasteiger partial charge in [-0.2, -0.15) is 0 Å². The number of H-pyrrole nitrogens is 1. The van der Waals surface area contributed by atoms with Crippen LogP contribution >= 0.6 is 36.4 Å². The summed E-state index contributed by atoms with van der Waals surface area (Å²) in [5.74, 6) is 0. The summed E-state index contributed by atoms with van der Waals surface area (Å²) in [6.07, 6.45) is 7.96. The highest BCUT2D eigenvalue weighted by Gasteiger charge is 2.31. The lowest BCUT2D eigenvalue weighted by molar-refractivity contribution is 0.375. The van der Waals surface area contributed by atoms with Gasteiger partial charge in [0, 0.05) is 10.4 Å². The van der Waals surface area contributed by atoms with Gasteiger partial charge in [0.25, 0.3) is 5.56 Å². The third-order valence-electron chi connectivity index (χ3n) is 5.18. The first kappa shape index (κ1) is 22.4. The highest BCUT2D eigenvalue weighted by molar-refractivity contribution is 6.30. The molecule has 2 aromatic carbocycles. The first-order valence-corrected chi connectivity index (χ1v) is 9.18. The van der Waals surface area contributed by atoms with Gasteiger partial charge in [0.2, 0.25) is 0 Å². The summed E-state index contributed by atoms with van der Waals surface area (Å²) in [6.45, 7) is 1.98. The van der Waals surface area contributed by atoms with Gasteiger partial charge in [0.05, 0.1) is 17.2 Å². The van der Waals surface area contributed by atoms with Crippen LogP contribution in [0.15, 0.2) is 59.7 Å². The molecule has 2 heterocycles. The normalized spacial score (nSPS) is 15.8. The lowest BCUT2D eigenvalue weighted by Crippen LogP contribution is -2.38. The molecule has 0 saturated carbocycles. The predicted octanol–water partition coefficient (Wildman–Crippen LogP) is 4.75. The Labute approximate surface area is 181 Å². The average Bonchev–Trinajstić information content (AvgIpc) is 2.68. The third kappa shape index (κ3) is 4.58. The Morgan fingerprint density at radius 3 is 2.46 bits per heavy atom. The van der Waals surface area contributed by atoms with Crippen molar-refractivity contribution in [1.82, 2.24) is 15.3 Å². The van der Waals surface area contributed by atoms with Crippen molar-refractivity contribution in [3.8, 4) is 0 Å². The van der Waals surface area contributed by atoms with Crippen LogP contribution in [0.1, 0.15) is 24.0 Å². The van der Waals surface area contributed by atoms with E-state index in [1.807, 2.05) is 30.3 Å². The van der Waals surface area contributed by atoms with Gasteiger partial charge < -0.3 is 10.3 Å². The Hall–Kier alpha value is -1.85. The molecule has 1 fully saturated rings. The minimum atomic E-state index is -0.110. The number of hydrogen-bond acceptors (Lipinski definition) is 3. The largest absolute Gasteiger partial charge is 0.317 e. The monoisotopic (exact) mass is 437 g/mol. The number of hydrogen-bond donors (Lipinski definition) is 2. The van der Waals surface area contributed by atoms with Crippen molar-refractivity contribution in [3.63, 3.8) is 0 Å². The number of piperidine rings is 1. The van der Waals surface area contributed by atoms with E-state index in [1.54, 1.807) is 0 Å². The molecule has 0 aliphatic carbocycles. The van der Waals surface area contributed by atoms with Crippen LogP contribution in [0.3, 0.4) is 0 Å². The first-order chi connectivity index (χ1) is 12.7. The van der Waals surface area contributed by atoms with E-state index in [-0.39, 0.29) is 35.8 Å². The molecule has 1 aliphatic heterocycles. The van der Waals surface area contributed by atoms with Crippen LogP contribution in [0.4, 0.5) is 0 Å². The van der Waals surface area contributed by atoms with E-state index in [2.05, 4.69) is 39.6 Å². The molecule has 0 unspecified atom stereocenters. The average molecular weight is 439 g/mol. The maximum absolute atomic E-state index is 11.8. The van der Waals surface area contributed by atoms with E-state index in [0.717, 1.165) is 36.5 Å². The van der Waals surface area contributed by atoms with Crippen molar-refractivity contribution < 1.29 is 0 Å². The lowest BCUT2D eigenvalue weighted by Gasteiger charge is -2.36.